The third-order valence-corrected chi connectivity index (χ3v) is 4.68. The Morgan fingerprint density at radius 2 is 1.20 bits per heavy atom. The van der Waals surface area contributed by atoms with Gasteiger partial charge in [-0.05, 0) is 40.6 Å². The third kappa shape index (κ3) is 2.34. The van der Waals surface area contributed by atoms with Gasteiger partial charge in [0.15, 0.2) is 23.0 Å². The minimum atomic E-state index is 0.536. The van der Waals surface area contributed by atoms with Crippen molar-refractivity contribution in [2.24, 2.45) is 0 Å². The molecule has 25 heavy (non-hydrogen) atoms. The van der Waals surface area contributed by atoms with Gasteiger partial charge in [0.05, 0.1) is 5.02 Å². The standard InChI is InChI=1S/C22H13ClO2/c23-18-11-10-17(14-6-2-1-3-7-14)21-22(18)25-20-13-16-9-5-4-8-15(16)12-19(20)24-21/h1-13H. The zero-order valence-corrected chi connectivity index (χ0v) is 14.0. The molecule has 0 amide bonds. The fraction of sp³-hybridized carbons (Fsp3) is 0. The fourth-order valence-electron chi connectivity index (χ4n) is 3.16. The van der Waals surface area contributed by atoms with E-state index in [1.54, 1.807) is 0 Å². The Morgan fingerprint density at radius 3 is 1.88 bits per heavy atom. The van der Waals surface area contributed by atoms with Crippen LogP contribution in [0.15, 0.2) is 78.9 Å². The van der Waals surface area contributed by atoms with E-state index in [1.165, 1.54) is 0 Å². The Bertz CT molecular complexity index is 1100. The molecule has 4 aromatic carbocycles. The molecule has 1 aliphatic heterocycles. The third-order valence-electron chi connectivity index (χ3n) is 4.38. The number of benzene rings is 4. The van der Waals surface area contributed by atoms with Gasteiger partial charge < -0.3 is 9.47 Å². The van der Waals surface area contributed by atoms with Crippen LogP contribution in [0.3, 0.4) is 0 Å². The van der Waals surface area contributed by atoms with Crippen LogP contribution in [0.2, 0.25) is 5.02 Å². The molecule has 2 nitrogen and oxygen atoms in total. The zero-order valence-electron chi connectivity index (χ0n) is 13.2. The maximum absolute atomic E-state index is 6.38. The van der Waals surface area contributed by atoms with Crippen molar-refractivity contribution in [1.82, 2.24) is 0 Å². The van der Waals surface area contributed by atoms with Crippen LogP contribution in [-0.2, 0) is 0 Å². The van der Waals surface area contributed by atoms with Crippen LogP contribution in [0.1, 0.15) is 0 Å². The second-order valence-corrected chi connectivity index (χ2v) is 6.38. The van der Waals surface area contributed by atoms with Gasteiger partial charge in [0.1, 0.15) is 0 Å². The van der Waals surface area contributed by atoms with Crippen molar-refractivity contribution in [2.75, 3.05) is 0 Å². The summed E-state index contributed by atoms with van der Waals surface area (Å²) >= 11 is 6.38. The summed E-state index contributed by atoms with van der Waals surface area (Å²) in [5.41, 5.74) is 2.02. The molecule has 0 saturated heterocycles. The van der Waals surface area contributed by atoms with Gasteiger partial charge in [0, 0.05) is 5.56 Å². The quantitative estimate of drug-likeness (QED) is 0.324. The summed E-state index contributed by atoms with van der Waals surface area (Å²) in [6.07, 6.45) is 0. The highest BCUT2D eigenvalue weighted by Gasteiger charge is 2.25. The highest BCUT2D eigenvalue weighted by molar-refractivity contribution is 6.32. The fourth-order valence-corrected chi connectivity index (χ4v) is 3.35. The van der Waals surface area contributed by atoms with E-state index >= 15 is 0 Å². The summed E-state index contributed by atoms with van der Waals surface area (Å²) in [5, 5.41) is 2.74. The van der Waals surface area contributed by atoms with E-state index in [4.69, 9.17) is 21.1 Å². The molecule has 0 bridgehead atoms. The Hall–Kier alpha value is -2.97. The van der Waals surface area contributed by atoms with Gasteiger partial charge in [-0.3, -0.25) is 0 Å². The van der Waals surface area contributed by atoms with Crippen molar-refractivity contribution in [3.63, 3.8) is 0 Å². The molecule has 0 radical (unpaired) electrons. The molecule has 0 aliphatic carbocycles. The second-order valence-electron chi connectivity index (χ2n) is 5.97. The molecule has 1 aliphatic rings. The first-order valence-electron chi connectivity index (χ1n) is 8.06. The van der Waals surface area contributed by atoms with E-state index in [2.05, 4.69) is 12.1 Å². The number of halogens is 1. The summed E-state index contributed by atoms with van der Waals surface area (Å²) in [6.45, 7) is 0. The summed E-state index contributed by atoms with van der Waals surface area (Å²) in [6, 6.07) is 26.0. The highest BCUT2D eigenvalue weighted by Crippen LogP contribution is 2.53. The van der Waals surface area contributed by atoms with E-state index < -0.39 is 0 Å². The van der Waals surface area contributed by atoms with Gasteiger partial charge >= 0.3 is 0 Å². The maximum atomic E-state index is 6.38. The first kappa shape index (κ1) is 14.4. The first-order valence-corrected chi connectivity index (χ1v) is 8.44. The lowest BCUT2D eigenvalue weighted by molar-refractivity contribution is 0.362. The SMILES string of the molecule is Clc1ccc(-c2ccccc2)c2c1Oc1cc3ccccc3cc1O2. The molecule has 5 rings (SSSR count). The average Bonchev–Trinajstić information content (AvgIpc) is 2.66. The number of hydrogen-bond acceptors (Lipinski definition) is 2. The molecule has 0 N–H and O–H groups in total. The van der Waals surface area contributed by atoms with Crippen molar-refractivity contribution in [2.45, 2.75) is 0 Å². The molecular weight excluding hydrogens is 332 g/mol. The number of fused-ring (bicyclic) bond motifs is 3. The van der Waals surface area contributed by atoms with Crippen LogP contribution in [-0.4, -0.2) is 0 Å². The molecule has 0 unspecified atom stereocenters. The molecule has 0 atom stereocenters. The maximum Gasteiger partial charge on any atom is 0.189 e. The van der Waals surface area contributed by atoms with Crippen molar-refractivity contribution < 1.29 is 9.47 Å². The van der Waals surface area contributed by atoms with E-state index in [9.17, 15) is 0 Å². The van der Waals surface area contributed by atoms with E-state index in [-0.39, 0.29) is 0 Å². The minimum Gasteiger partial charge on any atom is -0.449 e. The topological polar surface area (TPSA) is 18.5 Å². The van der Waals surface area contributed by atoms with Crippen LogP contribution in [0.5, 0.6) is 23.0 Å². The predicted octanol–water partition coefficient (Wildman–Crippen LogP) is 7.06. The van der Waals surface area contributed by atoms with Gasteiger partial charge in [-0.15, -0.1) is 0 Å². The first-order chi connectivity index (χ1) is 12.3. The minimum absolute atomic E-state index is 0.536. The molecular formula is C22H13ClO2. The lowest BCUT2D eigenvalue weighted by Crippen LogP contribution is -2.01. The van der Waals surface area contributed by atoms with Crippen LogP contribution in [0.4, 0.5) is 0 Å². The van der Waals surface area contributed by atoms with Gasteiger partial charge in [0.2, 0.25) is 0 Å². The van der Waals surface area contributed by atoms with Crippen LogP contribution < -0.4 is 9.47 Å². The normalized spacial score (nSPS) is 12.0. The Balaban J connectivity index is 1.71. The van der Waals surface area contributed by atoms with Gasteiger partial charge in [-0.1, -0.05) is 66.2 Å². The molecule has 4 aromatic rings. The monoisotopic (exact) mass is 344 g/mol. The zero-order chi connectivity index (χ0) is 16.8. The summed E-state index contributed by atoms with van der Waals surface area (Å²) in [7, 11) is 0. The molecule has 120 valence electrons. The number of rotatable bonds is 1. The predicted molar refractivity (Wildman–Crippen MR) is 101 cm³/mol. The van der Waals surface area contributed by atoms with Crippen molar-refractivity contribution in [3.8, 4) is 34.1 Å². The summed E-state index contributed by atoms with van der Waals surface area (Å²) in [5.74, 6) is 2.59. The Morgan fingerprint density at radius 1 is 0.600 bits per heavy atom. The molecule has 0 fully saturated rings. The molecule has 0 aromatic heterocycles. The Labute approximate surface area is 150 Å². The lowest BCUT2D eigenvalue weighted by Gasteiger charge is -2.24. The second kappa shape index (κ2) is 5.54. The van der Waals surface area contributed by atoms with Gasteiger partial charge in [-0.25, -0.2) is 0 Å². The van der Waals surface area contributed by atoms with E-state index in [0.29, 0.717) is 28.0 Å². The van der Waals surface area contributed by atoms with E-state index in [0.717, 1.165) is 21.9 Å². The molecule has 3 heteroatoms. The van der Waals surface area contributed by atoms with Crippen molar-refractivity contribution in [3.05, 3.63) is 83.9 Å². The van der Waals surface area contributed by atoms with Crippen molar-refractivity contribution in [1.29, 1.82) is 0 Å². The molecule has 0 spiro atoms. The van der Waals surface area contributed by atoms with E-state index in [1.807, 2.05) is 66.7 Å². The number of ether oxygens (including phenoxy) is 2. The van der Waals surface area contributed by atoms with Crippen molar-refractivity contribution >= 4 is 22.4 Å². The summed E-state index contributed by atoms with van der Waals surface area (Å²) in [4.78, 5) is 0. The highest BCUT2D eigenvalue weighted by atomic mass is 35.5. The summed E-state index contributed by atoms with van der Waals surface area (Å²) < 4.78 is 12.4. The van der Waals surface area contributed by atoms with Crippen LogP contribution >= 0.6 is 11.6 Å². The smallest absolute Gasteiger partial charge is 0.189 e. The molecule has 0 saturated carbocycles. The largest absolute Gasteiger partial charge is 0.449 e. The van der Waals surface area contributed by atoms with Gasteiger partial charge in [-0.2, -0.15) is 0 Å². The van der Waals surface area contributed by atoms with Crippen LogP contribution in [0, 0.1) is 0 Å². The molecule has 1 heterocycles. The van der Waals surface area contributed by atoms with Gasteiger partial charge in [0.25, 0.3) is 0 Å². The lowest BCUT2D eigenvalue weighted by atomic mass is 10.0. The number of hydrogen-bond donors (Lipinski definition) is 0. The Kier molecular flexibility index (Phi) is 3.19. The van der Waals surface area contributed by atoms with Crippen LogP contribution in [0.25, 0.3) is 21.9 Å². The average molecular weight is 345 g/mol.